The SMILES string of the molecule is COc1cccc(CNC(=O)C2CCN(S(=O)(=O)c3ccc4c(c3)sc(=O)n4C)CC2)c1. The minimum Gasteiger partial charge on any atom is -0.497 e. The van der Waals surface area contributed by atoms with Crippen LogP contribution >= 0.6 is 11.3 Å². The normalized spacial score (nSPS) is 15.7. The fourth-order valence-corrected chi connectivity index (χ4v) is 6.39. The lowest BCUT2D eigenvalue weighted by Gasteiger charge is -2.30. The van der Waals surface area contributed by atoms with E-state index in [2.05, 4.69) is 5.32 Å². The Hall–Kier alpha value is -2.69. The molecule has 1 aliphatic heterocycles. The number of aryl methyl sites for hydroxylation is 1. The minimum absolute atomic E-state index is 0.0691. The van der Waals surface area contributed by atoms with Crippen LogP contribution in [0.1, 0.15) is 18.4 Å². The average Bonchev–Trinajstić information content (AvgIpc) is 3.10. The van der Waals surface area contributed by atoms with E-state index in [9.17, 15) is 18.0 Å². The number of sulfonamides is 1. The molecule has 4 rings (SSSR count). The van der Waals surface area contributed by atoms with Crippen molar-refractivity contribution < 1.29 is 17.9 Å². The first kappa shape index (κ1) is 22.5. The summed E-state index contributed by atoms with van der Waals surface area (Å²) in [4.78, 5) is 24.5. The molecule has 1 aliphatic rings. The maximum Gasteiger partial charge on any atom is 0.307 e. The second-order valence-electron chi connectivity index (χ2n) is 7.80. The summed E-state index contributed by atoms with van der Waals surface area (Å²) in [7, 11) is -0.424. The Bertz CT molecular complexity index is 1300. The molecule has 0 unspecified atom stereocenters. The molecule has 0 atom stereocenters. The predicted molar refractivity (Wildman–Crippen MR) is 123 cm³/mol. The summed E-state index contributed by atoms with van der Waals surface area (Å²) in [5, 5.41) is 2.94. The van der Waals surface area contributed by atoms with Crippen molar-refractivity contribution in [2.75, 3.05) is 20.2 Å². The van der Waals surface area contributed by atoms with E-state index >= 15 is 0 Å². The van der Waals surface area contributed by atoms with E-state index in [0.717, 1.165) is 22.6 Å². The molecule has 2 aromatic carbocycles. The van der Waals surface area contributed by atoms with Gasteiger partial charge in [-0.1, -0.05) is 23.5 Å². The minimum atomic E-state index is -3.69. The van der Waals surface area contributed by atoms with Crippen molar-refractivity contribution in [1.82, 2.24) is 14.2 Å². The zero-order valence-electron chi connectivity index (χ0n) is 17.9. The zero-order valence-corrected chi connectivity index (χ0v) is 19.5. The van der Waals surface area contributed by atoms with Crippen molar-refractivity contribution in [3.8, 4) is 5.75 Å². The van der Waals surface area contributed by atoms with E-state index in [1.165, 1.54) is 14.9 Å². The summed E-state index contributed by atoms with van der Waals surface area (Å²) in [5.74, 6) is 0.436. The van der Waals surface area contributed by atoms with Gasteiger partial charge in [0.05, 0.1) is 22.2 Å². The largest absolute Gasteiger partial charge is 0.497 e. The van der Waals surface area contributed by atoms with Crippen LogP contribution in [-0.2, 0) is 28.4 Å². The first-order valence-electron chi connectivity index (χ1n) is 10.3. The van der Waals surface area contributed by atoms with Crippen LogP contribution in [0.2, 0.25) is 0 Å². The monoisotopic (exact) mass is 475 g/mol. The fraction of sp³-hybridized carbons (Fsp3) is 0.364. The van der Waals surface area contributed by atoms with Gasteiger partial charge in [-0.25, -0.2) is 8.42 Å². The number of rotatable bonds is 6. The fourth-order valence-electron chi connectivity index (χ4n) is 3.90. The lowest BCUT2D eigenvalue weighted by molar-refractivity contribution is -0.126. The van der Waals surface area contributed by atoms with Crippen molar-refractivity contribution >= 4 is 37.5 Å². The number of thiazole rings is 1. The van der Waals surface area contributed by atoms with Crippen molar-refractivity contribution in [2.24, 2.45) is 13.0 Å². The molecule has 1 fully saturated rings. The number of amides is 1. The number of ether oxygens (including phenoxy) is 1. The van der Waals surface area contributed by atoms with E-state index < -0.39 is 10.0 Å². The van der Waals surface area contributed by atoms with Crippen LogP contribution in [0.3, 0.4) is 0 Å². The Morgan fingerprint density at radius 3 is 2.66 bits per heavy atom. The van der Waals surface area contributed by atoms with E-state index in [4.69, 9.17) is 4.74 Å². The topological polar surface area (TPSA) is 97.7 Å². The summed E-state index contributed by atoms with van der Waals surface area (Å²) in [6, 6.07) is 12.3. The summed E-state index contributed by atoms with van der Waals surface area (Å²) in [5.41, 5.74) is 1.65. The number of methoxy groups -OCH3 is 1. The number of carbonyl (C=O) groups excluding carboxylic acids is 1. The summed E-state index contributed by atoms with van der Waals surface area (Å²) < 4.78 is 35.0. The highest BCUT2D eigenvalue weighted by molar-refractivity contribution is 7.89. The molecule has 1 amide bonds. The van der Waals surface area contributed by atoms with E-state index in [0.29, 0.717) is 29.6 Å². The molecule has 170 valence electrons. The molecule has 0 saturated carbocycles. The summed E-state index contributed by atoms with van der Waals surface area (Å²) in [6.07, 6.45) is 0.925. The lowest BCUT2D eigenvalue weighted by atomic mass is 9.97. The number of hydrogen-bond acceptors (Lipinski definition) is 6. The van der Waals surface area contributed by atoms with Crippen LogP contribution in [0.15, 0.2) is 52.2 Å². The van der Waals surface area contributed by atoms with Gasteiger partial charge in [-0.3, -0.25) is 9.59 Å². The molecule has 0 bridgehead atoms. The van der Waals surface area contributed by atoms with Gasteiger partial charge in [-0.15, -0.1) is 0 Å². The van der Waals surface area contributed by atoms with Crippen LogP contribution in [0.4, 0.5) is 0 Å². The number of hydrogen-bond donors (Lipinski definition) is 1. The van der Waals surface area contributed by atoms with Crippen LogP contribution < -0.4 is 14.9 Å². The smallest absolute Gasteiger partial charge is 0.307 e. The van der Waals surface area contributed by atoms with Crippen molar-refractivity contribution in [1.29, 1.82) is 0 Å². The number of fused-ring (bicyclic) bond motifs is 1. The highest BCUT2D eigenvalue weighted by Gasteiger charge is 2.32. The van der Waals surface area contributed by atoms with Gasteiger partial charge >= 0.3 is 4.87 Å². The maximum atomic E-state index is 13.1. The van der Waals surface area contributed by atoms with Crippen LogP contribution in [0.5, 0.6) is 5.75 Å². The number of nitrogens with one attached hydrogen (secondary N) is 1. The van der Waals surface area contributed by atoms with Crippen molar-refractivity contribution in [3.63, 3.8) is 0 Å². The first-order chi connectivity index (χ1) is 15.3. The third kappa shape index (κ3) is 4.43. The molecule has 2 heterocycles. The molecule has 0 aliphatic carbocycles. The van der Waals surface area contributed by atoms with Gasteiger partial charge in [0.15, 0.2) is 0 Å². The highest BCUT2D eigenvalue weighted by atomic mass is 32.2. The Balaban J connectivity index is 1.38. The molecule has 32 heavy (non-hydrogen) atoms. The third-order valence-corrected chi connectivity index (χ3v) is 8.72. The van der Waals surface area contributed by atoms with Gasteiger partial charge in [0.1, 0.15) is 5.75 Å². The maximum absolute atomic E-state index is 13.1. The van der Waals surface area contributed by atoms with Crippen LogP contribution in [0, 0.1) is 5.92 Å². The number of aromatic nitrogens is 1. The van der Waals surface area contributed by atoms with E-state index in [1.54, 1.807) is 26.3 Å². The molecule has 0 spiro atoms. The van der Waals surface area contributed by atoms with Gasteiger partial charge in [0.2, 0.25) is 15.9 Å². The molecule has 8 nitrogen and oxygen atoms in total. The number of carbonyl (C=O) groups is 1. The molecule has 0 radical (unpaired) electrons. The standard InChI is InChI=1S/C22H25N3O5S2/c1-24-19-7-6-18(13-20(19)31-22(24)27)32(28,29)25-10-8-16(9-11-25)21(26)23-14-15-4-3-5-17(12-15)30-2/h3-7,12-13,16H,8-11,14H2,1-2H3,(H,23,26). The third-order valence-electron chi connectivity index (χ3n) is 5.83. The average molecular weight is 476 g/mol. The van der Waals surface area contributed by atoms with Crippen LogP contribution in [-0.4, -0.2) is 43.4 Å². The van der Waals surface area contributed by atoms with Gasteiger partial charge in [0.25, 0.3) is 0 Å². The van der Waals surface area contributed by atoms with Gasteiger partial charge in [-0.2, -0.15) is 4.31 Å². The summed E-state index contributed by atoms with van der Waals surface area (Å²) >= 11 is 1.03. The van der Waals surface area contributed by atoms with Gasteiger partial charge in [-0.05, 0) is 48.7 Å². The van der Waals surface area contributed by atoms with Crippen molar-refractivity contribution in [2.45, 2.75) is 24.3 Å². The number of benzene rings is 2. The van der Waals surface area contributed by atoms with E-state index in [1.807, 2.05) is 24.3 Å². The molecule has 1 aromatic heterocycles. The Labute approximate surface area is 190 Å². The molecular formula is C22H25N3O5S2. The molecule has 1 saturated heterocycles. The molecule has 3 aromatic rings. The van der Waals surface area contributed by atoms with Crippen molar-refractivity contribution in [3.05, 3.63) is 57.7 Å². The summed E-state index contributed by atoms with van der Waals surface area (Å²) in [6.45, 7) is 0.958. The second-order valence-corrected chi connectivity index (χ2v) is 10.7. The zero-order chi connectivity index (χ0) is 22.9. The Morgan fingerprint density at radius 2 is 1.94 bits per heavy atom. The van der Waals surface area contributed by atoms with Gasteiger partial charge in [0, 0.05) is 32.6 Å². The van der Waals surface area contributed by atoms with E-state index in [-0.39, 0.29) is 34.7 Å². The quantitative estimate of drug-likeness (QED) is 0.590. The second kappa shape index (κ2) is 9.05. The molecular weight excluding hydrogens is 450 g/mol. The highest BCUT2D eigenvalue weighted by Crippen LogP contribution is 2.27. The Morgan fingerprint density at radius 1 is 1.19 bits per heavy atom. The first-order valence-corrected chi connectivity index (χ1v) is 12.6. The Kier molecular flexibility index (Phi) is 6.36. The predicted octanol–water partition coefficient (Wildman–Crippen LogP) is 2.33. The molecule has 10 heteroatoms. The van der Waals surface area contributed by atoms with Crippen LogP contribution in [0.25, 0.3) is 10.2 Å². The molecule has 1 N–H and O–H groups in total. The van der Waals surface area contributed by atoms with Gasteiger partial charge < -0.3 is 14.6 Å². The lowest BCUT2D eigenvalue weighted by Crippen LogP contribution is -2.42. The number of nitrogens with zero attached hydrogens (tertiary/aromatic N) is 2. The number of piperidine rings is 1.